The van der Waals surface area contributed by atoms with Crippen molar-refractivity contribution in [1.82, 2.24) is 5.06 Å². The maximum atomic E-state index is 10.7. The van der Waals surface area contributed by atoms with Crippen LogP contribution in [0.2, 0.25) is 0 Å². The third-order valence-electron chi connectivity index (χ3n) is 1.34. The molecule has 16 heavy (non-hydrogen) atoms. The normalized spacial score (nSPS) is 11.0. The second-order valence-electron chi connectivity index (χ2n) is 2.65. The number of guanidine groups is 1. The van der Waals surface area contributed by atoms with Gasteiger partial charge >= 0.3 is 5.97 Å². The highest BCUT2D eigenvalue weighted by Crippen LogP contribution is 1.92. The fourth-order valence-electron chi connectivity index (χ4n) is 0.767. The van der Waals surface area contributed by atoms with Gasteiger partial charge in [0.05, 0.1) is 13.2 Å². The second-order valence-corrected chi connectivity index (χ2v) is 3.07. The summed E-state index contributed by atoms with van der Waals surface area (Å²) in [5.74, 6) is -0.668. The fourth-order valence-corrected chi connectivity index (χ4v) is 0.897. The average Bonchev–Trinajstić information content (AvgIpc) is 2.20. The Hall–Kier alpha value is -1.41. The van der Waals surface area contributed by atoms with Gasteiger partial charge < -0.3 is 21.0 Å². The first-order valence-electron chi connectivity index (χ1n) is 4.64. The number of hydrogen-bond acceptors (Lipinski definition) is 5. The van der Waals surface area contributed by atoms with Crippen molar-refractivity contribution in [1.29, 1.82) is 0 Å². The van der Waals surface area contributed by atoms with Crippen LogP contribution in [0.1, 0.15) is 13.8 Å². The Morgan fingerprint density at radius 2 is 2.12 bits per heavy atom. The first-order valence-corrected chi connectivity index (χ1v) is 5.05. The van der Waals surface area contributed by atoms with Gasteiger partial charge in [-0.05, 0) is 19.1 Å². The first-order chi connectivity index (χ1) is 7.49. The molecule has 0 aliphatic rings. The number of ether oxygens (including phenoxy) is 1. The molecule has 92 valence electrons. The van der Waals surface area contributed by atoms with Crippen LogP contribution in [0, 0.1) is 0 Å². The molecule has 0 saturated heterocycles. The van der Waals surface area contributed by atoms with Crippen LogP contribution < -0.4 is 11.5 Å². The van der Waals surface area contributed by atoms with Crippen LogP contribution in [0.4, 0.5) is 0 Å². The summed E-state index contributed by atoms with van der Waals surface area (Å²) in [5, 5.41) is 0.608. The molecule has 8 heteroatoms. The summed E-state index contributed by atoms with van der Waals surface area (Å²) in [6.07, 6.45) is 0. The second kappa shape index (κ2) is 7.83. The summed E-state index contributed by atoms with van der Waals surface area (Å²) < 4.78 is 5.05. The van der Waals surface area contributed by atoms with E-state index < -0.39 is 5.97 Å². The summed E-state index contributed by atoms with van der Waals surface area (Å²) in [6.45, 7) is 4.42. The quantitative estimate of drug-likeness (QED) is 0.224. The van der Waals surface area contributed by atoms with Crippen molar-refractivity contribution in [3.05, 3.63) is 0 Å². The Labute approximate surface area is 99.3 Å². The Bertz CT molecular complexity index is 282. The van der Waals surface area contributed by atoms with Gasteiger partial charge in [0.1, 0.15) is 0 Å². The molecular weight excluding hydrogens is 232 g/mol. The fraction of sp³-hybridized carbons (Fsp3) is 0.625. The van der Waals surface area contributed by atoms with Crippen molar-refractivity contribution in [3.63, 3.8) is 0 Å². The van der Waals surface area contributed by atoms with Crippen LogP contribution in [-0.2, 0) is 14.4 Å². The first kappa shape index (κ1) is 14.6. The van der Waals surface area contributed by atoms with E-state index >= 15 is 0 Å². The van der Waals surface area contributed by atoms with Crippen molar-refractivity contribution in [3.8, 4) is 0 Å². The monoisotopic (exact) mass is 248 g/mol. The average molecular weight is 248 g/mol. The molecule has 0 fully saturated rings. The van der Waals surface area contributed by atoms with Gasteiger partial charge in [0, 0.05) is 13.5 Å². The zero-order valence-electron chi connectivity index (χ0n) is 9.30. The number of nitrogens with zero attached hydrogens (tertiary/aromatic N) is 2. The van der Waals surface area contributed by atoms with Crippen molar-refractivity contribution in [2.45, 2.75) is 13.8 Å². The predicted octanol–water partition coefficient (Wildman–Crippen LogP) is -0.639. The maximum Gasteiger partial charge on any atom is 0.330 e. The SMILES string of the molecule is CCOCCN=C(N)N(OC(C)=O)C(N)=S. The molecule has 0 aromatic carbocycles. The molecule has 0 unspecified atom stereocenters. The van der Waals surface area contributed by atoms with Crippen molar-refractivity contribution in [2.24, 2.45) is 16.5 Å². The Balaban J connectivity index is 4.30. The number of aliphatic imine (C=N–C) groups is 1. The largest absolute Gasteiger partial charge is 0.380 e. The smallest absolute Gasteiger partial charge is 0.330 e. The third-order valence-corrected chi connectivity index (χ3v) is 1.51. The van der Waals surface area contributed by atoms with E-state index in [1.807, 2.05) is 6.92 Å². The van der Waals surface area contributed by atoms with Gasteiger partial charge in [-0.2, -0.15) is 0 Å². The molecule has 0 aromatic rings. The van der Waals surface area contributed by atoms with Crippen molar-refractivity contribution < 1.29 is 14.4 Å². The van der Waals surface area contributed by atoms with Gasteiger partial charge in [-0.3, -0.25) is 0 Å². The number of rotatable bonds is 4. The highest BCUT2D eigenvalue weighted by atomic mass is 32.1. The maximum absolute atomic E-state index is 10.7. The summed E-state index contributed by atoms with van der Waals surface area (Å²) in [7, 11) is 0. The lowest BCUT2D eigenvalue weighted by molar-refractivity contribution is -0.159. The lowest BCUT2D eigenvalue weighted by Crippen LogP contribution is -2.45. The third kappa shape index (κ3) is 6.14. The molecule has 0 heterocycles. The van der Waals surface area contributed by atoms with E-state index in [1.54, 1.807) is 0 Å². The summed E-state index contributed by atoms with van der Waals surface area (Å²) in [4.78, 5) is 19.3. The molecule has 0 atom stereocenters. The van der Waals surface area contributed by atoms with Gasteiger partial charge in [-0.25, -0.2) is 9.79 Å². The number of thiocarbonyl (C=S) groups is 1. The lowest BCUT2D eigenvalue weighted by atomic mass is 10.7. The lowest BCUT2D eigenvalue weighted by Gasteiger charge is -2.18. The van der Waals surface area contributed by atoms with Crippen LogP contribution in [0.5, 0.6) is 0 Å². The van der Waals surface area contributed by atoms with Crippen LogP contribution in [0.3, 0.4) is 0 Å². The molecule has 0 amide bonds. The molecule has 0 aromatic heterocycles. The van der Waals surface area contributed by atoms with E-state index in [1.165, 1.54) is 6.92 Å². The van der Waals surface area contributed by atoms with E-state index in [-0.39, 0.29) is 11.1 Å². The molecule has 4 N–H and O–H groups in total. The summed E-state index contributed by atoms with van der Waals surface area (Å²) in [5.41, 5.74) is 10.8. The van der Waals surface area contributed by atoms with Gasteiger partial charge in [0.25, 0.3) is 0 Å². The number of hydroxylamine groups is 2. The van der Waals surface area contributed by atoms with Crippen LogP contribution in [0.25, 0.3) is 0 Å². The van der Waals surface area contributed by atoms with Gasteiger partial charge in [-0.15, -0.1) is 5.06 Å². The molecular formula is C8H16N4O3S. The van der Waals surface area contributed by atoms with Crippen molar-refractivity contribution in [2.75, 3.05) is 19.8 Å². The zero-order chi connectivity index (χ0) is 12.6. The van der Waals surface area contributed by atoms with E-state index in [0.717, 1.165) is 5.06 Å². The van der Waals surface area contributed by atoms with Crippen molar-refractivity contribution >= 4 is 29.3 Å². The number of nitrogens with two attached hydrogens (primary N) is 2. The van der Waals surface area contributed by atoms with Gasteiger partial charge in [0.15, 0.2) is 0 Å². The highest BCUT2D eigenvalue weighted by molar-refractivity contribution is 7.80. The Morgan fingerprint density at radius 1 is 1.50 bits per heavy atom. The van der Waals surface area contributed by atoms with E-state index in [9.17, 15) is 4.79 Å². The summed E-state index contributed by atoms with van der Waals surface area (Å²) >= 11 is 4.65. The topological polar surface area (TPSA) is 103 Å². The minimum absolute atomic E-state index is 0.0811. The van der Waals surface area contributed by atoms with Gasteiger partial charge in [0.2, 0.25) is 11.1 Å². The molecule has 0 rings (SSSR count). The molecule has 0 aliphatic carbocycles. The van der Waals surface area contributed by atoms with E-state index in [4.69, 9.17) is 16.2 Å². The Morgan fingerprint density at radius 3 is 2.56 bits per heavy atom. The number of carbonyl (C=O) groups is 1. The number of carbonyl (C=O) groups excluding carboxylic acids is 1. The summed E-state index contributed by atoms with van der Waals surface area (Å²) in [6, 6.07) is 0. The van der Waals surface area contributed by atoms with Crippen LogP contribution >= 0.6 is 12.2 Å². The van der Waals surface area contributed by atoms with Crippen LogP contribution in [-0.4, -0.2) is 41.9 Å². The van der Waals surface area contributed by atoms with E-state index in [2.05, 4.69) is 22.0 Å². The molecule has 0 bridgehead atoms. The van der Waals surface area contributed by atoms with Crippen LogP contribution in [0.15, 0.2) is 4.99 Å². The minimum Gasteiger partial charge on any atom is -0.380 e. The standard InChI is InChI=1S/C8H16N4O3S/c1-3-14-5-4-11-7(9)12(8(10)16)15-6(2)13/h3-5H2,1-2H3,(H2,9,11)(H2,10,16). The van der Waals surface area contributed by atoms with Gasteiger partial charge in [-0.1, -0.05) is 0 Å². The molecule has 0 radical (unpaired) electrons. The van der Waals surface area contributed by atoms with E-state index in [0.29, 0.717) is 19.8 Å². The predicted molar refractivity (Wildman–Crippen MR) is 63.4 cm³/mol. The molecule has 0 spiro atoms. The molecule has 0 aliphatic heterocycles. The molecule has 0 saturated carbocycles. The minimum atomic E-state index is -0.587. The zero-order valence-corrected chi connectivity index (χ0v) is 10.1. The number of hydrogen-bond donors (Lipinski definition) is 2. The Kier molecular flexibility index (Phi) is 7.14. The highest BCUT2D eigenvalue weighted by Gasteiger charge is 2.14. The molecule has 7 nitrogen and oxygen atoms in total.